The molecule has 0 aromatic heterocycles. The van der Waals surface area contributed by atoms with E-state index in [1.165, 1.54) is 23.5 Å². The van der Waals surface area contributed by atoms with E-state index in [-0.39, 0.29) is 31.5 Å². The second-order valence-electron chi connectivity index (χ2n) is 9.95. The molecule has 1 unspecified atom stereocenters. The maximum atomic E-state index is 15.1. The number of nitrogens with zero attached hydrogens (tertiary/aromatic N) is 4. The molecule has 0 spiro atoms. The molecule has 2 aromatic rings. The highest BCUT2D eigenvalue weighted by Gasteiger charge is 2.33. The van der Waals surface area contributed by atoms with Crippen LogP contribution in [0.3, 0.4) is 0 Å². The maximum Gasteiger partial charge on any atom is 0.414 e. The molecule has 1 atom stereocenters. The van der Waals surface area contributed by atoms with Crippen molar-refractivity contribution < 1.29 is 28.2 Å². The first-order valence-corrected chi connectivity index (χ1v) is 13.8. The van der Waals surface area contributed by atoms with Gasteiger partial charge < -0.3 is 24.6 Å². The van der Waals surface area contributed by atoms with Gasteiger partial charge in [-0.05, 0) is 49.0 Å². The molecule has 2 aliphatic rings. The van der Waals surface area contributed by atoms with E-state index < -0.39 is 18.0 Å². The number of nitrogens with one attached hydrogen (secondary N) is 1. The minimum absolute atomic E-state index is 0.0483. The van der Waals surface area contributed by atoms with Crippen LogP contribution in [0, 0.1) is 5.82 Å². The second-order valence-corrected chi connectivity index (χ2v) is 9.95. The van der Waals surface area contributed by atoms with Gasteiger partial charge in [0.1, 0.15) is 17.7 Å². The summed E-state index contributed by atoms with van der Waals surface area (Å²) in [6.45, 7) is 10.8. The first kappa shape index (κ1) is 29.1. The maximum absolute atomic E-state index is 15.1. The highest BCUT2D eigenvalue weighted by molar-refractivity contribution is 5.90. The summed E-state index contributed by atoms with van der Waals surface area (Å²) < 4.78 is 26.1. The molecule has 3 amide bonds. The van der Waals surface area contributed by atoms with Crippen LogP contribution in [0.5, 0.6) is 5.75 Å². The zero-order chi connectivity index (χ0) is 28.6. The second kappa shape index (κ2) is 13.5. The van der Waals surface area contributed by atoms with Crippen molar-refractivity contribution in [3.8, 4) is 5.75 Å². The SMILES string of the molecule is CCN(CC)Cc1ccc(OCC(=O)N2CCN(c3ccc(N4CC(CNC(C)=O)OC4=O)cc3F)CC2)cc1. The topological polar surface area (TPSA) is 94.7 Å². The van der Waals surface area contributed by atoms with E-state index in [0.29, 0.717) is 43.3 Å². The number of anilines is 2. The third-order valence-electron chi connectivity index (χ3n) is 7.26. The highest BCUT2D eigenvalue weighted by Crippen LogP contribution is 2.28. The van der Waals surface area contributed by atoms with Crippen molar-refractivity contribution in [1.82, 2.24) is 15.1 Å². The zero-order valence-electron chi connectivity index (χ0n) is 23.4. The Hall–Kier alpha value is -3.86. The normalized spacial score (nSPS) is 17.3. The van der Waals surface area contributed by atoms with Crippen LogP contribution in [0.1, 0.15) is 26.3 Å². The number of benzene rings is 2. The molecule has 40 heavy (non-hydrogen) atoms. The summed E-state index contributed by atoms with van der Waals surface area (Å²) in [4.78, 5) is 43.4. The van der Waals surface area contributed by atoms with Gasteiger partial charge in [0.05, 0.1) is 24.5 Å². The Balaban J connectivity index is 1.25. The number of ether oxygens (including phenoxy) is 2. The van der Waals surface area contributed by atoms with Crippen LogP contribution in [0.15, 0.2) is 42.5 Å². The van der Waals surface area contributed by atoms with Crippen molar-refractivity contribution >= 4 is 29.3 Å². The molecule has 0 bridgehead atoms. The minimum atomic E-state index is -0.576. The lowest BCUT2D eigenvalue weighted by Crippen LogP contribution is -2.50. The quantitative estimate of drug-likeness (QED) is 0.456. The number of carbonyl (C=O) groups excluding carboxylic acids is 3. The van der Waals surface area contributed by atoms with E-state index in [1.807, 2.05) is 29.2 Å². The smallest absolute Gasteiger partial charge is 0.414 e. The molecule has 0 aliphatic carbocycles. The lowest BCUT2D eigenvalue weighted by Gasteiger charge is -2.36. The third-order valence-corrected chi connectivity index (χ3v) is 7.26. The van der Waals surface area contributed by atoms with Gasteiger partial charge in [-0.25, -0.2) is 9.18 Å². The summed E-state index contributed by atoms with van der Waals surface area (Å²) in [6.07, 6.45) is -1.07. The van der Waals surface area contributed by atoms with Crippen molar-refractivity contribution in [3.05, 3.63) is 53.8 Å². The number of piperazine rings is 1. The van der Waals surface area contributed by atoms with Crippen LogP contribution in [0.4, 0.5) is 20.6 Å². The Morgan fingerprint density at radius 2 is 1.77 bits per heavy atom. The van der Waals surface area contributed by atoms with Crippen molar-refractivity contribution in [3.63, 3.8) is 0 Å². The summed E-state index contributed by atoms with van der Waals surface area (Å²) in [6, 6.07) is 12.5. The fourth-order valence-corrected chi connectivity index (χ4v) is 4.85. The molecule has 2 aromatic carbocycles. The predicted octanol–water partition coefficient (Wildman–Crippen LogP) is 2.86. The summed E-state index contributed by atoms with van der Waals surface area (Å²) in [5, 5.41) is 2.62. The summed E-state index contributed by atoms with van der Waals surface area (Å²) in [5.41, 5.74) is 2.01. The van der Waals surface area contributed by atoms with Crippen LogP contribution in [0.2, 0.25) is 0 Å². The molecule has 2 aliphatic heterocycles. The first-order valence-electron chi connectivity index (χ1n) is 13.8. The number of hydrogen-bond donors (Lipinski definition) is 1. The molecule has 2 heterocycles. The van der Waals surface area contributed by atoms with E-state index in [1.54, 1.807) is 17.0 Å². The van der Waals surface area contributed by atoms with Gasteiger partial charge in [-0.2, -0.15) is 0 Å². The molecule has 2 saturated heterocycles. The van der Waals surface area contributed by atoms with Gasteiger partial charge >= 0.3 is 6.09 Å². The van der Waals surface area contributed by atoms with Crippen molar-refractivity contribution in [2.24, 2.45) is 0 Å². The van der Waals surface area contributed by atoms with Gasteiger partial charge in [0.25, 0.3) is 5.91 Å². The van der Waals surface area contributed by atoms with Crippen molar-refractivity contribution in [2.75, 3.05) is 68.8 Å². The molecule has 0 radical (unpaired) electrons. The van der Waals surface area contributed by atoms with Gasteiger partial charge in [-0.3, -0.25) is 19.4 Å². The number of cyclic esters (lactones) is 1. The predicted molar refractivity (Wildman–Crippen MR) is 150 cm³/mol. The average molecular weight is 556 g/mol. The highest BCUT2D eigenvalue weighted by atomic mass is 19.1. The molecule has 0 saturated carbocycles. The molecular weight excluding hydrogens is 517 g/mol. The molecule has 2 fully saturated rings. The fourth-order valence-electron chi connectivity index (χ4n) is 4.85. The first-order chi connectivity index (χ1) is 19.3. The molecule has 11 heteroatoms. The van der Waals surface area contributed by atoms with E-state index in [2.05, 4.69) is 24.1 Å². The van der Waals surface area contributed by atoms with Crippen molar-refractivity contribution in [2.45, 2.75) is 33.4 Å². The number of halogens is 1. The Bertz CT molecular complexity index is 1180. The van der Waals surface area contributed by atoms with Gasteiger partial charge in [0.2, 0.25) is 5.91 Å². The average Bonchev–Trinajstić information content (AvgIpc) is 3.34. The van der Waals surface area contributed by atoms with Crippen LogP contribution < -0.4 is 19.9 Å². The van der Waals surface area contributed by atoms with Gasteiger partial charge in [-0.15, -0.1) is 0 Å². The number of amides is 3. The minimum Gasteiger partial charge on any atom is -0.484 e. The number of carbonyl (C=O) groups is 3. The summed E-state index contributed by atoms with van der Waals surface area (Å²) in [5.74, 6) is -0.122. The zero-order valence-corrected chi connectivity index (χ0v) is 23.4. The largest absolute Gasteiger partial charge is 0.484 e. The monoisotopic (exact) mass is 555 g/mol. The Morgan fingerprint density at radius 1 is 1.07 bits per heavy atom. The Kier molecular flexibility index (Phi) is 9.81. The third kappa shape index (κ3) is 7.41. The van der Waals surface area contributed by atoms with Gasteiger partial charge in [0.15, 0.2) is 6.61 Å². The summed E-state index contributed by atoms with van der Waals surface area (Å²) >= 11 is 0. The van der Waals surface area contributed by atoms with Gasteiger partial charge in [0, 0.05) is 39.6 Å². The molecule has 1 N–H and O–H groups in total. The van der Waals surface area contributed by atoms with Crippen LogP contribution in [-0.2, 0) is 20.9 Å². The lowest BCUT2D eigenvalue weighted by molar-refractivity contribution is -0.133. The van der Waals surface area contributed by atoms with Crippen LogP contribution >= 0.6 is 0 Å². The molecule has 4 rings (SSSR count). The van der Waals surface area contributed by atoms with Crippen LogP contribution in [-0.4, -0.2) is 92.8 Å². The van der Waals surface area contributed by atoms with E-state index in [4.69, 9.17) is 9.47 Å². The summed E-state index contributed by atoms with van der Waals surface area (Å²) in [7, 11) is 0. The number of rotatable bonds is 11. The molecule has 10 nitrogen and oxygen atoms in total. The van der Waals surface area contributed by atoms with E-state index >= 15 is 4.39 Å². The molecule has 216 valence electrons. The van der Waals surface area contributed by atoms with Gasteiger partial charge in [-0.1, -0.05) is 26.0 Å². The van der Waals surface area contributed by atoms with E-state index in [9.17, 15) is 14.4 Å². The fraction of sp³-hybridized carbons (Fsp3) is 0.483. The standard InChI is InChI=1S/C29H38FN5O5/c1-4-32(5-2)18-22-6-9-24(10-7-22)39-20-28(37)34-14-12-33(13-15-34)27-11-8-23(16-26(27)30)35-19-25(40-29(35)38)17-31-21(3)36/h6-11,16,25H,4-5,12-15,17-20H2,1-3H3,(H,31,36). The Labute approximate surface area is 234 Å². The van der Waals surface area contributed by atoms with Crippen molar-refractivity contribution in [1.29, 1.82) is 0 Å². The Morgan fingerprint density at radius 3 is 2.40 bits per heavy atom. The molecular formula is C29H38FN5O5. The van der Waals surface area contributed by atoms with E-state index in [0.717, 1.165) is 19.6 Å². The number of hydrogen-bond acceptors (Lipinski definition) is 7. The van der Waals surface area contributed by atoms with Crippen LogP contribution in [0.25, 0.3) is 0 Å². The lowest BCUT2D eigenvalue weighted by atomic mass is 10.2.